The van der Waals surface area contributed by atoms with Gasteiger partial charge in [-0.15, -0.1) is 0 Å². The SMILES string of the molecule is CC(C)CCCC(C)N=C(NC#N)Oc1ccccc1. The van der Waals surface area contributed by atoms with Crippen LogP contribution in [0.15, 0.2) is 35.3 Å². The second kappa shape index (κ2) is 8.98. The van der Waals surface area contributed by atoms with E-state index in [1.54, 1.807) is 0 Å². The lowest BCUT2D eigenvalue weighted by molar-refractivity contribution is 0.490. The first-order valence-electron chi connectivity index (χ1n) is 7.07. The van der Waals surface area contributed by atoms with Crippen molar-refractivity contribution >= 4 is 6.02 Å². The molecule has 0 heterocycles. The molecule has 0 aromatic heterocycles. The molecular weight excluding hydrogens is 250 g/mol. The van der Waals surface area contributed by atoms with Gasteiger partial charge in [-0.3, -0.25) is 0 Å². The van der Waals surface area contributed by atoms with E-state index >= 15 is 0 Å². The molecule has 1 rings (SSSR count). The summed E-state index contributed by atoms with van der Waals surface area (Å²) < 4.78 is 5.57. The predicted octanol–water partition coefficient (Wildman–Crippen LogP) is 3.71. The minimum Gasteiger partial charge on any atom is -0.425 e. The summed E-state index contributed by atoms with van der Waals surface area (Å²) >= 11 is 0. The van der Waals surface area contributed by atoms with E-state index in [2.05, 4.69) is 24.2 Å². The Hall–Kier alpha value is -2.02. The van der Waals surface area contributed by atoms with Crippen LogP contribution >= 0.6 is 0 Å². The number of ether oxygens (including phenoxy) is 1. The van der Waals surface area contributed by atoms with Gasteiger partial charge in [0.05, 0.1) is 6.04 Å². The Kier molecular flexibility index (Phi) is 7.20. The Balaban J connectivity index is 2.56. The number of benzene rings is 1. The molecule has 20 heavy (non-hydrogen) atoms. The number of nitriles is 1. The molecule has 0 radical (unpaired) electrons. The maximum Gasteiger partial charge on any atom is 0.304 e. The highest BCUT2D eigenvalue weighted by Crippen LogP contribution is 2.12. The fourth-order valence-electron chi connectivity index (χ4n) is 1.82. The third kappa shape index (κ3) is 6.79. The van der Waals surface area contributed by atoms with E-state index in [0.717, 1.165) is 12.8 Å². The molecule has 0 saturated heterocycles. The summed E-state index contributed by atoms with van der Waals surface area (Å²) in [5.41, 5.74) is 0. The first-order chi connectivity index (χ1) is 9.61. The molecule has 0 aliphatic heterocycles. The van der Waals surface area contributed by atoms with E-state index in [0.29, 0.717) is 11.7 Å². The van der Waals surface area contributed by atoms with E-state index in [-0.39, 0.29) is 12.1 Å². The molecule has 1 unspecified atom stereocenters. The van der Waals surface area contributed by atoms with Crippen LogP contribution in [0.1, 0.15) is 40.0 Å². The van der Waals surface area contributed by atoms with Crippen molar-refractivity contribution in [3.8, 4) is 11.9 Å². The van der Waals surface area contributed by atoms with Crippen LogP contribution in [-0.2, 0) is 0 Å². The van der Waals surface area contributed by atoms with Crippen molar-refractivity contribution in [1.29, 1.82) is 5.26 Å². The third-order valence-corrected chi connectivity index (χ3v) is 2.86. The molecule has 0 bridgehead atoms. The van der Waals surface area contributed by atoms with Crippen molar-refractivity contribution in [2.24, 2.45) is 10.9 Å². The Bertz CT molecular complexity index is 449. The first-order valence-corrected chi connectivity index (χ1v) is 7.07. The Morgan fingerprint density at radius 1 is 1.25 bits per heavy atom. The largest absolute Gasteiger partial charge is 0.425 e. The number of nitrogens with one attached hydrogen (secondary N) is 1. The molecule has 0 fully saturated rings. The summed E-state index contributed by atoms with van der Waals surface area (Å²) in [6, 6.07) is 9.73. The van der Waals surface area contributed by atoms with Crippen LogP contribution in [0.5, 0.6) is 5.75 Å². The Labute approximate surface area is 121 Å². The predicted molar refractivity (Wildman–Crippen MR) is 81.4 cm³/mol. The molecule has 1 N–H and O–H groups in total. The zero-order valence-corrected chi connectivity index (χ0v) is 12.5. The Morgan fingerprint density at radius 3 is 2.55 bits per heavy atom. The van der Waals surface area contributed by atoms with E-state index in [9.17, 15) is 0 Å². The van der Waals surface area contributed by atoms with Gasteiger partial charge in [-0.2, -0.15) is 5.26 Å². The molecule has 1 aromatic carbocycles. The van der Waals surface area contributed by atoms with Crippen molar-refractivity contribution in [3.05, 3.63) is 30.3 Å². The van der Waals surface area contributed by atoms with E-state index in [1.165, 1.54) is 6.42 Å². The second-order valence-corrected chi connectivity index (χ2v) is 5.26. The fraction of sp³-hybridized carbons (Fsp3) is 0.500. The van der Waals surface area contributed by atoms with Crippen molar-refractivity contribution in [2.75, 3.05) is 0 Å². The van der Waals surface area contributed by atoms with Crippen molar-refractivity contribution in [3.63, 3.8) is 0 Å². The average molecular weight is 273 g/mol. The molecule has 1 aromatic rings. The molecule has 4 heteroatoms. The first kappa shape index (κ1) is 16.0. The lowest BCUT2D eigenvalue weighted by Crippen LogP contribution is -2.26. The fourth-order valence-corrected chi connectivity index (χ4v) is 1.82. The van der Waals surface area contributed by atoms with E-state index < -0.39 is 0 Å². The van der Waals surface area contributed by atoms with Gasteiger partial charge in [0.25, 0.3) is 0 Å². The lowest BCUT2D eigenvalue weighted by atomic mass is 10.0. The number of para-hydroxylation sites is 1. The standard InChI is InChI=1S/C16H23N3O/c1-13(2)8-7-9-14(3)19-16(18-12-17)20-15-10-5-4-6-11-15/h4-6,10-11,13-14H,7-9H2,1-3H3,(H,18,19). The summed E-state index contributed by atoms with van der Waals surface area (Å²) in [7, 11) is 0. The number of amidine groups is 1. The number of rotatable bonds is 6. The number of aliphatic imine (C=N–C) groups is 1. The average Bonchev–Trinajstić information content (AvgIpc) is 2.39. The molecule has 0 amide bonds. The molecule has 0 spiro atoms. The van der Waals surface area contributed by atoms with E-state index in [1.807, 2.05) is 43.4 Å². The van der Waals surface area contributed by atoms with Crippen molar-refractivity contribution in [1.82, 2.24) is 5.32 Å². The smallest absolute Gasteiger partial charge is 0.304 e. The molecule has 108 valence electrons. The molecule has 0 aliphatic rings. The maximum atomic E-state index is 8.75. The Morgan fingerprint density at radius 2 is 1.95 bits per heavy atom. The summed E-state index contributed by atoms with van der Waals surface area (Å²) in [5, 5.41) is 11.2. The highest BCUT2D eigenvalue weighted by Gasteiger charge is 2.06. The number of hydrogen-bond donors (Lipinski definition) is 1. The highest BCUT2D eigenvalue weighted by atomic mass is 16.5. The summed E-state index contributed by atoms with van der Waals surface area (Å²) in [4.78, 5) is 4.42. The second-order valence-electron chi connectivity index (χ2n) is 5.26. The minimum absolute atomic E-state index is 0.133. The lowest BCUT2D eigenvalue weighted by Gasteiger charge is -2.11. The minimum atomic E-state index is 0.133. The van der Waals surface area contributed by atoms with Crippen molar-refractivity contribution in [2.45, 2.75) is 46.1 Å². The highest BCUT2D eigenvalue weighted by molar-refractivity contribution is 5.77. The van der Waals surface area contributed by atoms with Gasteiger partial charge in [-0.25, -0.2) is 10.3 Å². The van der Waals surface area contributed by atoms with Gasteiger partial charge in [0.15, 0.2) is 6.19 Å². The van der Waals surface area contributed by atoms with E-state index in [4.69, 9.17) is 10.00 Å². The molecular formula is C16H23N3O. The van der Waals surface area contributed by atoms with Gasteiger partial charge in [0.2, 0.25) is 0 Å². The summed E-state index contributed by atoms with van der Waals surface area (Å²) in [5.74, 6) is 1.38. The molecule has 0 saturated carbocycles. The van der Waals surface area contributed by atoms with Gasteiger partial charge in [-0.1, -0.05) is 44.9 Å². The summed E-state index contributed by atoms with van der Waals surface area (Å²) in [6.45, 7) is 6.47. The van der Waals surface area contributed by atoms with Gasteiger partial charge in [0.1, 0.15) is 5.75 Å². The quantitative estimate of drug-likeness (QED) is 0.372. The summed E-state index contributed by atoms with van der Waals surface area (Å²) in [6.07, 6.45) is 5.18. The topological polar surface area (TPSA) is 57.4 Å². The third-order valence-electron chi connectivity index (χ3n) is 2.86. The van der Waals surface area contributed by atoms with Gasteiger partial charge in [-0.05, 0) is 31.4 Å². The van der Waals surface area contributed by atoms with Gasteiger partial charge in [0, 0.05) is 0 Å². The monoisotopic (exact) mass is 273 g/mol. The molecule has 1 atom stereocenters. The van der Waals surface area contributed by atoms with Crippen LogP contribution in [0.3, 0.4) is 0 Å². The van der Waals surface area contributed by atoms with Crippen LogP contribution in [0.25, 0.3) is 0 Å². The maximum absolute atomic E-state index is 8.75. The molecule has 4 nitrogen and oxygen atoms in total. The van der Waals surface area contributed by atoms with Gasteiger partial charge >= 0.3 is 6.02 Å². The number of nitrogens with zero attached hydrogens (tertiary/aromatic N) is 2. The van der Waals surface area contributed by atoms with Crippen LogP contribution in [0.2, 0.25) is 0 Å². The normalized spacial score (nSPS) is 12.8. The molecule has 0 aliphatic carbocycles. The zero-order valence-electron chi connectivity index (χ0n) is 12.5. The van der Waals surface area contributed by atoms with Crippen LogP contribution in [0, 0.1) is 17.4 Å². The van der Waals surface area contributed by atoms with Crippen molar-refractivity contribution < 1.29 is 4.74 Å². The van der Waals surface area contributed by atoms with Crippen LogP contribution in [-0.4, -0.2) is 12.1 Å². The zero-order chi connectivity index (χ0) is 14.8. The van der Waals surface area contributed by atoms with Crippen LogP contribution < -0.4 is 10.1 Å². The van der Waals surface area contributed by atoms with Crippen LogP contribution in [0.4, 0.5) is 0 Å². The number of hydrogen-bond acceptors (Lipinski definition) is 3. The van der Waals surface area contributed by atoms with Gasteiger partial charge < -0.3 is 4.74 Å².